The van der Waals surface area contributed by atoms with E-state index in [1.54, 1.807) is 6.07 Å². The highest BCUT2D eigenvalue weighted by Gasteiger charge is 2.25. The van der Waals surface area contributed by atoms with Gasteiger partial charge in [0.1, 0.15) is 11.6 Å². The van der Waals surface area contributed by atoms with E-state index in [-0.39, 0.29) is 10.3 Å². The summed E-state index contributed by atoms with van der Waals surface area (Å²) in [6.07, 6.45) is 1.98. The number of rotatable bonds is 1. The topological polar surface area (TPSA) is 29.0 Å². The molecule has 1 aromatic heterocycles. The number of hydrogen-bond acceptors (Lipinski definition) is 3. The van der Waals surface area contributed by atoms with Gasteiger partial charge in [0.15, 0.2) is 0 Å². The molecule has 0 bridgehead atoms. The Morgan fingerprint density at radius 1 is 1.12 bits per heavy atom. The van der Waals surface area contributed by atoms with Crippen LogP contribution in [0.1, 0.15) is 12.0 Å². The van der Waals surface area contributed by atoms with Crippen molar-refractivity contribution in [3.63, 3.8) is 0 Å². The van der Waals surface area contributed by atoms with Gasteiger partial charge in [0.05, 0.1) is 15.9 Å². The second-order valence-electron chi connectivity index (χ2n) is 5.56. The minimum absolute atomic E-state index is 0.0249. The molecule has 24 heavy (non-hydrogen) atoms. The summed E-state index contributed by atoms with van der Waals surface area (Å²) in [5.41, 5.74) is 2.86. The van der Waals surface area contributed by atoms with Gasteiger partial charge in [-0.2, -0.15) is 4.98 Å². The first-order chi connectivity index (χ1) is 11.6. The van der Waals surface area contributed by atoms with Crippen LogP contribution >= 0.6 is 45.8 Å². The van der Waals surface area contributed by atoms with Crippen molar-refractivity contribution in [3.05, 3.63) is 55.6 Å². The molecule has 1 aliphatic rings. The van der Waals surface area contributed by atoms with Crippen LogP contribution in [0.25, 0.3) is 10.9 Å². The Labute approximate surface area is 161 Å². The van der Waals surface area contributed by atoms with Crippen LogP contribution < -0.4 is 4.90 Å². The van der Waals surface area contributed by atoms with E-state index in [0.29, 0.717) is 16.7 Å². The SMILES string of the molecule is Fc1ccc2nc(Cl)nc(N3CCCc4c(I)cccc43)c2c1Cl. The molecule has 0 unspecified atom stereocenters. The molecule has 0 spiro atoms. The van der Waals surface area contributed by atoms with E-state index in [2.05, 4.69) is 43.5 Å². The van der Waals surface area contributed by atoms with Crippen LogP contribution in [0.2, 0.25) is 10.3 Å². The molecule has 2 aromatic carbocycles. The van der Waals surface area contributed by atoms with E-state index in [1.165, 1.54) is 15.2 Å². The molecule has 122 valence electrons. The Balaban J connectivity index is 2.02. The van der Waals surface area contributed by atoms with Crippen molar-refractivity contribution in [1.29, 1.82) is 0 Å². The number of halogens is 4. The third-order valence-electron chi connectivity index (χ3n) is 4.16. The van der Waals surface area contributed by atoms with E-state index in [4.69, 9.17) is 23.2 Å². The fraction of sp³-hybridized carbons (Fsp3) is 0.176. The van der Waals surface area contributed by atoms with Gasteiger partial charge in [0.25, 0.3) is 0 Å². The zero-order valence-corrected chi connectivity index (χ0v) is 16.0. The first kappa shape index (κ1) is 16.3. The monoisotopic (exact) mass is 473 g/mol. The highest BCUT2D eigenvalue weighted by molar-refractivity contribution is 14.1. The third-order valence-corrected chi connectivity index (χ3v) is 5.71. The van der Waals surface area contributed by atoms with Crippen LogP contribution in [0, 0.1) is 9.39 Å². The maximum Gasteiger partial charge on any atom is 0.224 e. The molecule has 4 rings (SSSR count). The standard InChI is InChI=1S/C17H11Cl2FIN3/c18-15-10(20)6-7-12-14(15)16(23-17(19)22-12)24-8-2-3-9-11(21)4-1-5-13(9)24/h1,4-7H,2-3,8H2. The summed E-state index contributed by atoms with van der Waals surface area (Å²) >= 11 is 14.7. The van der Waals surface area contributed by atoms with Crippen molar-refractivity contribution < 1.29 is 4.39 Å². The van der Waals surface area contributed by atoms with Crippen molar-refractivity contribution in [2.45, 2.75) is 12.8 Å². The fourth-order valence-corrected chi connectivity index (χ4v) is 4.28. The van der Waals surface area contributed by atoms with Gasteiger partial charge >= 0.3 is 0 Å². The van der Waals surface area contributed by atoms with E-state index in [1.807, 2.05) is 12.1 Å². The minimum Gasteiger partial charge on any atom is -0.325 e. The van der Waals surface area contributed by atoms with Gasteiger partial charge < -0.3 is 4.90 Å². The Morgan fingerprint density at radius 3 is 2.79 bits per heavy atom. The van der Waals surface area contributed by atoms with Crippen molar-refractivity contribution in [2.24, 2.45) is 0 Å². The molecule has 0 amide bonds. The van der Waals surface area contributed by atoms with E-state index in [0.717, 1.165) is 25.1 Å². The number of aromatic nitrogens is 2. The second-order valence-corrected chi connectivity index (χ2v) is 7.44. The molecule has 0 atom stereocenters. The molecule has 3 aromatic rings. The van der Waals surface area contributed by atoms with Crippen molar-refractivity contribution >= 4 is 68.2 Å². The zero-order chi connectivity index (χ0) is 16.8. The molecule has 7 heteroatoms. The van der Waals surface area contributed by atoms with E-state index >= 15 is 0 Å². The van der Waals surface area contributed by atoms with Crippen LogP contribution in [0.4, 0.5) is 15.9 Å². The fourth-order valence-electron chi connectivity index (χ4n) is 3.11. The van der Waals surface area contributed by atoms with Gasteiger partial charge in [-0.05, 0) is 76.9 Å². The van der Waals surface area contributed by atoms with Gasteiger partial charge in [-0.3, -0.25) is 0 Å². The summed E-state index contributed by atoms with van der Waals surface area (Å²) in [4.78, 5) is 10.6. The smallest absolute Gasteiger partial charge is 0.224 e. The van der Waals surface area contributed by atoms with Crippen LogP contribution in [-0.4, -0.2) is 16.5 Å². The van der Waals surface area contributed by atoms with Crippen LogP contribution in [0.5, 0.6) is 0 Å². The predicted molar refractivity (Wildman–Crippen MR) is 104 cm³/mol. The molecule has 3 nitrogen and oxygen atoms in total. The van der Waals surface area contributed by atoms with Crippen molar-refractivity contribution in [3.8, 4) is 0 Å². The highest BCUT2D eigenvalue weighted by atomic mass is 127. The van der Waals surface area contributed by atoms with Gasteiger partial charge in [-0.1, -0.05) is 17.7 Å². The van der Waals surface area contributed by atoms with Crippen LogP contribution in [-0.2, 0) is 6.42 Å². The van der Waals surface area contributed by atoms with Crippen molar-refractivity contribution in [2.75, 3.05) is 11.4 Å². The summed E-state index contributed by atoms with van der Waals surface area (Å²) in [6.45, 7) is 0.766. The average Bonchev–Trinajstić information content (AvgIpc) is 2.57. The molecular weight excluding hydrogens is 463 g/mol. The second kappa shape index (κ2) is 6.28. The van der Waals surface area contributed by atoms with Gasteiger partial charge in [-0.15, -0.1) is 0 Å². The molecule has 0 fully saturated rings. The summed E-state index contributed by atoms with van der Waals surface area (Å²) in [5, 5.41) is 0.641. The number of anilines is 2. The summed E-state index contributed by atoms with van der Waals surface area (Å²) in [5.74, 6) is 0.0636. The van der Waals surface area contributed by atoms with Gasteiger partial charge in [0, 0.05) is 15.8 Å². The Bertz CT molecular complexity index is 964. The number of hydrogen-bond donors (Lipinski definition) is 0. The summed E-state index contributed by atoms with van der Waals surface area (Å²) in [6, 6.07) is 9.01. The predicted octanol–water partition coefficient (Wildman–Crippen LogP) is 5.76. The first-order valence-corrected chi connectivity index (χ1v) is 9.26. The average molecular weight is 474 g/mol. The molecule has 2 heterocycles. The third kappa shape index (κ3) is 2.62. The van der Waals surface area contributed by atoms with Crippen LogP contribution in [0.15, 0.2) is 30.3 Å². The number of nitrogens with zero attached hydrogens (tertiary/aromatic N) is 3. The Kier molecular flexibility index (Phi) is 4.26. The van der Waals surface area contributed by atoms with Gasteiger partial charge in [0.2, 0.25) is 5.28 Å². The molecule has 0 N–H and O–H groups in total. The lowest BCUT2D eigenvalue weighted by Gasteiger charge is -2.32. The molecular formula is C17H11Cl2FIN3. The molecule has 0 aliphatic carbocycles. The maximum atomic E-state index is 14.0. The molecule has 1 aliphatic heterocycles. The van der Waals surface area contributed by atoms with E-state index < -0.39 is 5.82 Å². The highest BCUT2D eigenvalue weighted by Crippen LogP contribution is 2.40. The molecule has 0 radical (unpaired) electrons. The maximum absolute atomic E-state index is 14.0. The van der Waals surface area contributed by atoms with Crippen molar-refractivity contribution in [1.82, 2.24) is 9.97 Å². The lowest BCUT2D eigenvalue weighted by Crippen LogP contribution is -2.26. The zero-order valence-electron chi connectivity index (χ0n) is 12.4. The van der Waals surface area contributed by atoms with Crippen LogP contribution in [0.3, 0.4) is 0 Å². The quantitative estimate of drug-likeness (QED) is 0.332. The molecule has 0 saturated carbocycles. The Hall–Kier alpha value is -1.18. The lowest BCUT2D eigenvalue weighted by atomic mass is 10.0. The summed E-state index contributed by atoms with van der Waals surface area (Å²) < 4.78 is 15.2. The lowest BCUT2D eigenvalue weighted by molar-refractivity contribution is 0.630. The minimum atomic E-state index is -0.490. The Morgan fingerprint density at radius 2 is 1.96 bits per heavy atom. The van der Waals surface area contributed by atoms with E-state index in [9.17, 15) is 4.39 Å². The normalized spacial score (nSPS) is 14.1. The first-order valence-electron chi connectivity index (χ1n) is 7.42. The largest absolute Gasteiger partial charge is 0.325 e. The number of fused-ring (bicyclic) bond motifs is 2. The molecule has 0 saturated heterocycles. The number of benzene rings is 2. The summed E-state index contributed by atoms with van der Waals surface area (Å²) in [7, 11) is 0. The van der Waals surface area contributed by atoms with Gasteiger partial charge in [-0.25, -0.2) is 9.37 Å².